The van der Waals surface area contributed by atoms with Gasteiger partial charge in [-0.1, -0.05) is 35.0 Å². The number of hydrogen-bond acceptors (Lipinski definition) is 6. The van der Waals surface area contributed by atoms with Gasteiger partial charge in [-0.05, 0) is 48.9 Å². The second-order valence-corrected chi connectivity index (χ2v) is 9.45. The number of aryl methyl sites for hydroxylation is 2. The maximum atomic E-state index is 13.3. The first-order valence-electron chi connectivity index (χ1n) is 9.05. The molecule has 9 heteroatoms. The summed E-state index contributed by atoms with van der Waals surface area (Å²) >= 11 is 15.2. The first-order valence-corrected chi connectivity index (χ1v) is 11.6. The van der Waals surface area contributed by atoms with Gasteiger partial charge in [0.15, 0.2) is 5.16 Å². The molecule has 3 heterocycles. The van der Waals surface area contributed by atoms with Crippen LogP contribution < -0.4 is 5.56 Å². The number of thioether (sulfide) groups is 1. The molecular formula is C19H19Cl2N3O2S2. The van der Waals surface area contributed by atoms with Crippen LogP contribution in [0.2, 0.25) is 10.3 Å². The van der Waals surface area contributed by atoms with E-state index in [1.807, 2.05) is 0 Å². The Balaban J connectivity index is 1.74. The molecule has 0 radical (unpaired) electrons. The molecular weight excluding hydrogens is 437 g/mol. The Morgan fingerprint density at radius 2 is 1.96 bits per heavy atom. The molecule has 0 aromatic carbocycles. The lowest BCUT2D eigenvalue weighted by Crippen LogP contribution is -2.25. The van der Waals surface area contributed by atoms with Crippen LogP contribution in [-0.2, 0) is 29.9 Å². The minimum atomic E-state index is 0.0368. The van der Waals surface area contributed by atoms with Crippen LogP contribution in [0.5, 0.6) is 0 Å². The van der Waals surface area contributed by atoms with Crippen LogP contribution in [0, 0.1) is 0 Å². The number of hydrogen-bond donors (Lipinski definition) is 0. The van der Waals surface area contributed by atoms with Crippen molar-refractivity contribution in [2.45, 2.75) is 43.1 Å². The van der Waals surface area contributed by atoms with Crippen LogP contribution in [0.4, 0.5) is 0 Å². The quantitative estimate of drug-likeness (QED) is 0.298. The summed E-state index contributed by atoms with van der Waals surface area (Å²) in [5.74, 6) is 0.595. The Labute approximate surface area is 181 Å². The maximum Gasteiger partial charge on any atom is 0.263 e. The minimum Gasteiger partial charge on any atom is -0.383 e. The van der Waals surface area contributed by atoms with Gasteiger partial charge in [-0.2, -0.15) is 0 Å². The number of rotatable bonds is 6. The molecule has 3 aromatic heterocycles. The summed E-state index contributed by atoms with van der Waals surface area (Å²) in [5.41, 5.74) is 2.18. The fraction of sp³-hybridized carbons (Fsp3) is 0.421. The van der Waals surface area contributed by atoms with Crippen molar-refractivity contribution in [1.29, 1.82) is 0 Å². The van der Waals surface area contributed by atoms with Crippen molar-refractivity contribution < 1.29 is 4.74 Å². The van der Waals surface area contributed by atoms with Crippen LogP contribution in [0.25, 0.3) is 10.2 Å². The van der Waals surface area contributed by atoms with Crippen LogP contribution in [0.3, 0.4) is 0 Å². The average Bonchev–Trinajstić information content (AvgIpc) is 3.03. The van der Waals surface area contributed by atoms with Gasteiger partial charge >= 0.3 is 0 Å². The van der Waals surface area contributed by atoms with Crippen molar-refractivity contribution in [2.75, 3.05) is 13.7 Å². The third kappa shape index (κ3) is 4.09. The summed E-state index contributed by atoms with van der Waals surface area (Å²) in [6.07, 6.45) is 4.33. The van der Waals surface area contributed by atoms with Crippen molar-refractivity contribution in [3.63, 3.8) is 0 Å². The second-order valence-electron chi connectivity index (χ2n) is 6.64. The number of halogens is 2. The molecule has 0 saturated carbocycles. The monoisotopic (exact) mass is 455 g/mol. The van der Waals surface area contributed by atoms with Gasteiger partial charge < -0.3 is 4.74 Å². The number of aromatic nitrogens is 3. The molecule has 1 aliphatic rings. The summed E-state index contributed by atoms with van der Waals surface area (Å²) in [4.78, 5) is 24.3. The Hall–Kier alpha value is -1.12. The smallest absolute Gasteiger partial charge is 0.263 e. The van der Waals surface area contributed by atoms with Gasteiger partial charge in [-0.3, -0.25) is 9.36 Å². The van der Waals surface area contributed by atoms with Gasteiger partial charge in [0.25, 0.3) is 5.56 Å². The van der Waals surface area contributed by atoms with Gasteiger partial charge in [-0.15, -0.1) is 11.3 Å². The molecule has 0 amide bonds. The van der Waals surface area contributed by atoms with Crippen molar-refractivity contribution in [3.05, 3.63) is 48.8 Å². The van der Waals surface area contributed by atoms with E-state index in [9.17, 15) is 4.79 Å². The van der Waals surface area contributed by atoms with E-state index in [0.717, 1.165) is 35.0 Å². The van der Waals surface area contributed by atoms with E-state index in [1.54, 1.807) is 35.1 Å². The fourth-order valence-electron chi connectivity index (χ4n) is 3.46. The summed E-state index contributed by atoms with van der Waals surface area (Å²) in [6.45, 7) is 0.934. The van der Waals surface area contributed by atoms with Gasteiger partial charge in [0, 0.05) is 17.7 Å². The molecule has 0 atom stereocenters. The Kier molecular flexibility index (Phi) is 6.27. The zero-order valence-corrected chi connectivity index (χ0v) is 18.5. The van der Waals surface area contributed by atoms with Gasteiger partial charge in [-0.25, -0.2) is 9.97 Å². The minimum absolute atomic E-state index is 0.0368. The predicted molar refractivity (Wildman–Crippen MR) is 116 cm³/mol. The standard InChI is InChI=1S/C19H19Cl2N3O2S2/c1-26-7-6-24-18(25)16-12-4-2-3-5-13(12)28-17(16)23-19(24)27-10-11-8-14(20)22-15(21)9-11/h8-9H,2-7,10H2,1H3. The normalized spacial score (nSPS) is 13.8. The molecule has 148 valence electrons. The highest BCUT2D eigenvalue weighted by atomic mass is 35.5. The predicted octanol–water partition coefficient (Wildman–Crippen LogP) is 4.98. The molecule has 0 fully saturated rings. The molecule has 0 saturated heterocycles. The molecule has 4 rings (SSSR count). The van der Waals surface area contributed by atoms with E-state index >= 15 is 0 Å². The zero-order valence-electron chi connectivity index (χ0n) is 15.3. The average molecular weight is 456 g/mol. The Morgan fingerprint density at radius 3 is 2.71 bits per heavy atom. The number of pyridine rings is 1. The molecule has 28 heavy (non-hydrogen) atoms. The molecule has 1 aliphatic carbocycles. The number of fused-ring (bicyclic) bond motifs is 3. The lowest BCUT2D eigenvalue weighted by molar-refractivity contribution is 0.183. The first kappa shape index (κ1) is 20.2. The lowest BCUT2D eigenvalue weighted by Gasteiger charge is -2.13. The van der Waals surface area contributed by atoms with Gasteiger partial charge in [0.1, 0.15) is 15.1 Å². The lowest BCUT2D eigenvalue weighted by atomic mass is 9.97. The van der Waals surface area contributed by atoms with Crippen molar-refractivity contribution in [2.24, 2.45) is 0 Å². The topological polar surface area (TPSA) is 57.0 Å². The number of thiophene rings is 1. The molecule has 3 aromatic rings. The van der Waals surface area contributed by atoms with E-state index in [0.29, 0.717) is 34.4 Å². The highest BCUT2D eigenvalue weighted by Gasteiger charge is 2.22. The van der Waals surface area contributed by atoms with Crippen LogP contribution in [0.1, 0.15) is 28.8 Å². The SMILES string of the molecule is COCCn1c(SCc2cc(Cl)nc(Cl)c2)nc2sc3c(c2c1=O)CCCC3. The third-order valence-corrected chi connectivity index (χ3v) is 7.37. The van der Waals surface area contributed by atoms with Gasteiger partial charge in [0.05, 0.1) is 18.5 Å². The summed E-state index contributed by atoms with van der Waals surface area (Å²) < 4.78 is 6.96. The molecule has 0 unspecified atom stereocenters. The zero-order chi connectivity index (χ0) is 19.7. The van der Waals surface area contributed by atoms with E-state index in [1.165, 1.54) is 28.6 Å². The highest BCUT2D eigenvalue weighted by Crippen LogP contribution is 2.35. The van der Waals surface area contributed by atoms with Crippen molar-refractivity contribution >= 4 is 56.5 Å². The summed E-state index contributed by atoms with van der Waals surface area (Å²) in [5, 5.41) is 2.20. The van der Waals surface area contributed by atoms with Crippen molar-refractivity contribution in [3.8, 4) is 0 Å². The van der Waals surface area contributed by atoms with E-state index in [4.69, 9.17) is 32.9 Å². The second kappa shape index (κ2) is 8.71. The number of nitrogens with zero attached hydrogens (tertiary/aromatic N) is 3. The molecule has 0 bridgehead atoms. The number of methoxy groups -OCH3 is 1. The first-order chi connectivity index (χ1) is 13.6. The van der Waals surface area contributed by atoms with E-state index in [-0.39, 0.29) is 5.56 Å². The van der Waals surface area contributed by atoms with E-state index in [2.05, 4.69) is 4.98 Å². The number of ether oxygens (including phenoxy) is 1. The molecule has 0 spiro atoms. The molecule has 0 aliphatic heterocycles. The Bertz CT molecular complexity index is 1060. The molecule has 0 N–H and O–H groups in total. The van der Waals surface area contributed by atoms with Crippen LogP contribution in [-0.4, -0.2) is 28.3 Å². The molecule has 5 nitrogen and oxygen atoms in total. The summed E-state index contributed by atoms with van der Waals surface area (Å²) in [6, 6.07) is 3.56. The Morgan fingerprint density at radius 1 is 1.21 bits per heavy atom. The highest BCUT2D eigenvalue weighted by molar-refractivity contribution is 7.98. The summed E-state index contributed by atoms with van der Waals surface area (Å²) in [7, 11) is 1.64. The van der Waals surface area contributed by atoms with Crippen LogP contribution in [0.15, 0.2) is 22.1 Å². The third-order valence-electron chi connectivity index (χ3n) is 4.75. The van der Waals surface area contributed by atoms with Gasteiger partial charge in [0.2, 0.25) is 0 Å². The largest absolute Gasteiger partial charge is 0.383 e. The maximum absolute atomic E-state index is 13.3. The van der Waals surface area contributed by atoms with Crippen molar-refractivity contribution in [1.82, 2.24) is 14.5 Å². The van der Waals surface area contributed by atoms with E-state index < -0.39 is 0 Å². The van der Waals surface area contributed by atoms with Crippen LogP contribution >= 0.6 is 46.3 Å². The fourth-order valence-corrected chi connectivity index (χ4v) is 6.22.